The molecule has 0 aromatic carbocycles. The lowest BCUT2D eigenvalue weighted by Crippen LogP contribution is -2.32. The molecule has 1 saturated heterocycles. The van der Waals surface area contributed by atoms with Crippen LogP contribution in [0.25, 0.3) is 0 Å². The number of halogens is 1. The van der Waals surface area contributed by atoms with Crippen molar-refractivity contribution in [2.75, 3.05) is 0 Å². The second-order valence-corrected chi connectivity index (χ2v) is 5.84. The molecule has 0 saturated carbocycles. The van der Waals surface area contributed by atoms with Gasteiger partial charge in [0.15, 0.2) is 0 Å². The van der Waals surface area contributed by atoms with Crippen molar-refractivity contribution in [3.05, 3.63) is 12.2 Å². The van der Waals surface area contributed by atoms with Crippen LogP contribution in [0.5, 0.6) is 0 Å². The minimum Gasteiger partial charge on any atom is -0.371 e. The molecular formula is C13H19BrO3. The molecule has 2 aliphatic heterocycles. The minimum atomic E-state index is -0.288. The Balaban J connectivity index is 2.08. The quantitative estimate of drug-likeness (QED) is 0.447. The number of alkyl halides is 1. The van der Waals surface area contributed by atoms with Crippen molar-refractivity contribution in [2.24, 2.45) is 0 Å². The van der Waals surface area contributed by atoms with Crippen LogP contribution in [0.1, 0.15) is 32.6 Å². The van der Waals surface area contributed by atoms with Crippen LogP contribution in [0.4, 0.5) is 0 Å². The van der Waals surface area contributed by atoms with Gasteiger partial charge in [0.2, 0.25) is 0 Å². The molecule has 2 rings (SSSR count). The van der Waals surface area contributed by atoms with Crippen molar-refractivity contribution in [3.8, 4) is 0 Å². The summed E-state index contributed by atoms with van der Waals surface area (Å²) in [5.41, 5.74) is 0. The van der Waals surface area contributed by atoms with E-state index in [1.54, 1.807) is 0 Å². The SMILES string of the molecule is CC[C@@H]1O[C@H]2C[C@@H](C=O)O[C@H]2C/C=C\C[C@H]1Br. The van der Waals surface area contributed by atoms with Gasteiger partial charge in [-0.25, -0.2) is 0 Å². The van der Waals surface area contributed by atoms with Crippen LogP contribution in [0.2, 0.25) is 0 Å². The summed E-state index contributed by atoms with van der Waals surface area (Å²) in [4.78, 5) is 11.1. The number of hydrogen-bond acceptors (Lipinski definition) is 3. The molecule has 0 N–H and O–H groups in total. The average Bonchev–Trinajstić information content (AvgIpc) is 2.74. The minimum absolute atomic E-state index is 0.0355. The highest BCUT2D eigenvalue weighted by atomic mass is 79.9. The number of fused-ring (bicyclic) bond motifs is 1. The fraction of sp³-hybridized carbons (Fsp3) is 0.769. The lowest BCUT2D eigenvalue weighted by Gasteiger charge is -2.26. The average molecular weight is 303 g/mol. The lowest BCUT2D eigenvalue weighted by molar-refractivity contribution is -0.117. The molecule has 0 radical (unpaired) electrons. The summed E-state index contributed by atoms with van der Waals surface area (Å²) in [6.07, 6.45) is 8.68. The standard InChI is InChI=1S/C13H19BrO3/c1-2-11-10(14)5-3-4-6-12-13(17-11)7-9(8-15)16-12/h3-4,8-13H,2,5-7H2,1H3/b4-3-/t9-,10+,11-,12-,13-/m0/s1. The van der Waals surface area contributed by atoms with Gasteiger partial charge in [0, 0.05) is 11.2 Å². The monoisotopic (exact) mass is 302 g/mol. The molecule has 0 aromatic heterocycles. The summed E-state index contributed by atoms with van der Waals surface area (Å²) in [6, 6.07) is 0. The summed E-state index contributed by atoms with van der Waals surface area (Å²) in [5.74, 6) is 0. The summed E-state index contributed by atoms with van der Waals surface area (Å²) < 4.78 is 11.8. The van der Waals surface area contributed by atoms with Crippen LogP contribution in [0.3, 0.4) is 0 Å². The number of carbonyl (C=O) groups is 1. The van der Waals surface area contributed by atoms with Crippen molar-refractivity contribution in [3.63, 3.8) is 0 Å². The van der Waals surface area contributed by atoms with Crippen LogP contribution in [-0.4, -0.2) is 35.5 Å². The molecule has 1 fully saturated rings. The first-order chi connectivity index (χ1) is 8.24. The first-order valence-corrected chi connectivity index (χ1v) is 7.21. The van der Waals surface area contributed by atoms with Crippen molar-refractivity contribution in [1.29, 1.82) is 0 Å². The van der Waals surface area contributed by atoms with Gasteiger partial charge in [-0.05, 0) is 19.3 Å². The summed E-state index contributed by atoms with van der Waals surface area (Å²) in [7, 11) is 0. The number of aldehydes is 1. The Bertz CT molecular complexity index is 292. The van der Waals surface area contributed by atoms with Gasteiger partial charge in [0.25, 0.3) is 0 Å². The Labute approximate surface area is 111 Å². The molecule has 0 aromatic rings. The number of carbonyl (C=O) groups excluding carboxylic acids is 1. The number of rotatable bonds is 2. The molecule has 96 valence electrons. The predicted molar refractivity (Wildman–Crippen MR) is 69.4 cm³/mol. The Hall–Kier alpha value is -0.190. The molecule has 0 aliphatic carbocycles. The molecular weight excluding hydrogens is 284 g/mol. The summed E-state index contributed by atoms with van der Waals surface area (Å²) >= 11 is 3.68. The van der Waals surface area contributed by atoms with Gasteiger partial charge in [0.1, 0.15) is 12.4 Å². The van der Waals surface area contributed by atoms with Gasteiger partial charge in [-0.3, -0.25) is 0 Å². The van der Waals surface area contributed by atoms with Crippen LogP contribution >= 0.6 is 15.9 Å². The van der Waals surface area contributed by atoms with Gasteiger partial charge >= 0.3 is 0 Å². The molecule has 5 atom stereocenters. The van der Waals surface area contributed by atoms with Gasteiger partial charge < -0.3 is 14.3 Å². The maximum atomic E-state index is 10.8. The third kappa shape index (κ3) is 3.18. The Morgan fingerprint density at radius 3 is 2.76 bits per heavy atom. The van der Waals surface area contributed by atoms with E-state index in [4.69, 9.17) is 9.47 Å². The van der Waals surface area contributed by atoms with E-state index in [1.807, 2.05) is 0 Å². The van der Waals surface area contributed by atoms with E-state index in [0.717, 1.165) is 25.5 Å². The van der Waals surface area contributed by atoms with Crippen molar-refractivity contribution in [2.45, 2.75) is 61.9 Å². The van der Waals surface area contributed by atoms with Gasteiger partial charge in [0.05, 0.1) is 18.3 Å². The predicted octanol–water partition coefficient (Wildman–Crippen LogP) is 2.62. The molecule has 0 unspecified atom stereocenters. The van der Waals surface area contributed by atoms with E-state index < -0.39 is 0 Å². The van der Waals surface area contributed by atoms with E-state index in [9.17, 15) is 4.79 Å². The fourth-order valence-electron chi connectivity index (χ4n) is 2.46. The molecule has 0 amide bonds. The zero-order chi connectivity index (χ0) is 12.3. The topological polar surface area (TPSA) is 35.5 Å². The third-order valence-electron chi connectivity index (χ3n) is 3.43. The highest BCUT2D eigenvalue weighted by Crippen LogP contribution is 2.30. The molecule has 2 heterocycles. The van der Waals surface area contributed by atoms with Crippen LogP contribution in [0.15, 0.2) is 12.2 Å². The second kappa shape index (κ2) is 6.12. The molecule has 0 bridgehead atoms. The van der Waals surface area contributed by atoms with E-state index in [1.165, 1.54) is 0 Å². The van der Waals surface area contributed by atoms with Crippen molar-refractivity contribution in [1.82, 2.24) is 0 Å². The van der Waals surface area contributed by atoms with Crippen LogP contribution in [-0.2, 0) is 14.3 Å². The fourth-order valence-corrected chi connectivity index (χ4v) is 3.17. The highest BCUT2D eigenvalue weighted by Gasteiger charge is 2.37. The number of allylic oxidation sites excluding steroid dienone is 1. The first-order valence-electron chi connectivity index (χ1n) is 6.29. The highest BCUT2D eigenvalue weighted by molar-refractivity contribution is 9.09. The van der Waals surface area contributed by atoms with E-state index in [2.05, 4.69) is 35.0 Å². The molecule has 0 spiro atoms. The summed E-state index contributed by atoms with van der Waals surface area (Å²) in [6.45, 7) is 2.13. The largest absolute Gasteiger partial charge is 0.371 e. The third-order valence-corrected chi connectivity index (χ3v) is 4.40. The zero-order valence-corrected chi connectivity index (χ0v) is 11.6. The molecule has 3 nitrogen and oxygen atoms in total. The van der Waals surface area contributed by atoms with Gasteiger partial charge in [-0.15, -0.1) is 0 Å². The summed E-state index contributed by atoms with van der Waals surface area (Å²) in [5, 5.41) is 0. The second-order valence-electron chi connectivity index (χ2n) is 4.66. The Morgan fingerprint density at radius 1 is 1.29 bits per heavy atom. The molecule has 2 aliphatic rings. The smallest absolute Gasteiger partial charge is 0.148 e. The first kappa shape index (κ1) is 13.2. The van der Waals surface area contributed by atoms with E-state index >= 15 is 0 Å². The van der Waals surface area contributed by atoms with E-state index in [0.29, 0.717) is 11.2 Å². The lowest BCUT2D eigenvalue weighted by atomic mass is 10.1. The van der Waals surface area contributed by atoms with Gasteiger partial charge in [-0.1, -0.05) is 35.0 Å². The molecule has 4 heteroatoms. The van der Waals surface area contributed by atoms with Crippen LogP contribution < -0.4 is 0 Å². The van der Waals surface area contributed by atoms with E-state index in [-0.39, 0.29) is 24.4 Å². The number of ether oxygens (including phenoxy) is 2. The maximum Gasteiger partial charge on any atom is 0.148 e. The Kier molecular flexibility index (Phi) is 4.77. The normalized spacial score (nSPS) is 44.2. The zero-order valence-electron chi connectivity index (χ0n) is 10.0. The van der Waals surface area contributed by atoms with Crippen LogP contribution in [0, 0.1) is 0 Å². The van der Waals surface area contributed by atoms with Crippen molar-refractivity contribution >= 4 is 22.2 Å². The Morgan fingerprint density at radius 2 is 2.06 bits per heavy atom. The molecule has 17 heavy (non-hydrogen) atoms. The van der Waals surface area contributed by atoms with Crippen molar-refractivity contribution < 1.29 is 14.3 Å². The number of hydrogen-bond donors (Lipinski definition) is 0. The van der Waals surface area contributed by atoms with Gasteiger partial charge in [-0.2, -0.15) is 0 Å². The maximum absolute atomic E-state index is 10.8.